The summed E-state index contributed by atoms with van der Waals surface area (Å²) in [6.07, 6.45) is -14.8. The highest BCUT2D eigenvalue weighted by Crippen LogP contribution is 2.46. The van der Waals surface area contributed by atoms with Gasteiger partial charge in [0.2, 0.25) is 0 Å². The normalized spacial score (nSPS) is 19.0. The van der Waals surface area contributed by atoms with Crippen LogP contribution in [0.15, 0.2) is 36.4 Å². The van der Waals surface area contributed by atoms with Crippen LogP contribution in [0.5, 0.6) is 5.75 Å². The number of rotatable bonds is 3. The van der Waals surface area contributed by atoms with Gasteiger partial charge >= 0.3 is 18.4 Å². The fourth-order valence-electron chi connectivity index (χ4n) is 3.22. The van der Waals surface area contributed by atoms with Crippen LogP contribution in [0.3, 0.4) is 0 Å². The summed E-state index contributed by atoms with van der Waals surface area (Å²) in [6, 6.07) is 4.41. The van der Waals surface area contributed by atoms with Crippen LogP contribution in [0.2, 0.25) is 0 Å². The maximum Gasteiger partial charge on any atom is 0.420 e. The summed E-state index contributed by atoms with van der Waals surface area (Å²) in [5, 5.41) is 19.5. The Morgan fingerprint density at radius 1 is 1.00 bits per heavy atom. The van der Waals surface area contributed by atoms with Crippen LogP contribution in [0.4, 0.5) is 46.9 Å². The number of aliphatic hydroxyl groups excluding tert-OH is 2. The number of aliphatic hydroxyl groups is 2. The number of ether oxygens (including phenoxy) is 1. The second-order valence-electron chi connectivity index (χ2n) is 7.31. The number of benzene rings is 2. The van der Waals surface area contributed by atoms with E-state index >= 15 is 0 Å². The molecule has 1 heterocycles. The third kappa shape index (κ3) is 5.30. The average Bonchev–Trinajstić information content (AvgIpc) is 3.04. The molecule has 0 bridgehead atoms. The summed E-state index contributed by atoms with van der Waals surface area (Å²) in [7, 11) is 1.11. The lowest BCUT2D eigenvalue weighted by molar-refractivity contribution is -0.143. The minimum absolute atomic E-state index is 0.0374. The number of hydrogen-bond acceptors (Lipinski definition) is 5. The lowest BCUT2D eigenvalue weighted by Crippen LogP contribution is -2.32. The third-order valence-electron chi connectivity index (χ3n) is 4.98. The quantitative estimate of drug-likeness (QED) is 0.647. The van der Waals surface area contributed by atoms with E-state index in [4.69, 9.17) is 4.74 Å². The summed E-state index contributed by atoms with van der Waals surface area (Å²) in [4.78, 5) is 14.1. The second-order valence-corrected chi connectivity index (χ2v) is 7.31. The third-order valence-corrected chi connectivity index (χ3v) is 4.98. The predicted octanol–water partition coefficient (Wildman–Crippen LogP) is 4.04. The molecule has 0 saturated carbocycles. The van der Waals surface area contributed by atoms with Gasteiger partial charge in [0.05, 0.1) is 23.5 Å². The standard InChI is InChI=1S/C20H17F7N2O4/c1-28(12-4-2-11(21)3-5-12)18(32)33-17-13(20(25,26)27)6-10(19(22,23)24)7-14(17)29-8-15(30)16(31)9-29/h2-7,15-16,30-31H,8-9H2,1H3. The molecule has 0 aromatic heterocycles. The number of anilines is 2. The molecule has 33 heavy (non-hydrogen) atoms. The second kappa shape index (κ2) is 8.71. The van der Waals surface area contributed by atoms with Gasteiger partial charge < -0.3 is 19.8 Å². The van der Waals surface area contributed by atoms with Gasteiger partial charge in [-0.15, -0.1) is 0 Å². The van der Waals surface area contributed by atoms with Crippen LogP contribution in [0, 0.1) is 5.82 Å². The molecule has 2 atom stereocenters. The molecular formula is C20H17F7N2O4. The van der Waals surface area contributed by atoms with Crippen molar-refractivity contribution >= 4 is 17.5 Å². The summed E-state index contributed by atoms with van der Waals surface area (Å²) in [6.45, 7) is -1.00. The van der Waals surface area contributed by atoms with E-state index in [1.165, 1.54) is 0 Å². The van der Waals surface area contributed by atoms with Crippen molar-refractivity contribution in [2.45, 2.75) is 24.6 Å². The molecule has 2 aromatic carbocycles. The van der Waals surface area contributed by atoms with Crippen LogP contribution >= 0.6 is 0 Å². The van der Waals surface area contributed by atoms with Crippen molar-refractivity contribution in [2.75, 3.05) is 29.9 Å². The Morgan fingerprint density at radius 3 is 2.03 bits per heavy atom. The molecule has 1 saturated heterocycles. The molecule has 0 spiro atoms. The number of halogens is 7. The molecule has 2 N–H and O–H groups in total. The van der Waals surface area contributed by atoms with Crippen LogP contribution in [-0.4, -0.2) is 48.7 Å². The number of β-amino-alcohol motifs (C(OH)–C–C–N with tert-alkyl or cyclic N) is 2. The van der Waals surface area contributed by atoms with Gasteiger partial charge in [0, 0.05) is 25.8 Å². The fourth-order valence-corrected chi connectivity index (χ4v) is 3.22. The van der Waals surface area contributed by atoms with Crippen molar-refractivity contribution in [2.24, 2.45) is 0 Å². The summed E-state index contributed by atoms with van der Waals surface area (Å²) >= 11 is 0. The topological polar surface area (TPSA) is 73.2 Å². The Kier molecular flexibility index (Phi) is 6.48. The van der Waals surface area contributed by atoms with Crippen molar-refractivity contribution in [3.8, 4) is 5.75 Å². The van der Waals surface area contributed by atoms with Crippen LogP contribution in [-0.2, 0) is 12.4 Å². The SMILES string of the molecule is CN(C(=O)Oc1c(N2CC(O)C(O)C2)cc(C(F)(F)F)cc1C(F)(F)F)c1ccc(F)cc1. The fraction of sp³-hybridized carbons (Fsp3) is 0.350. The highest BCUT2D eigenvalue weighted by molar-refractivity contribution is 5.89. The molecule has 1 amide bonds. The smallest absolute Gasteiger partial charge is 0.407 e. The molecular weight excluding hydrogens is 465 g/mol. The molecule has 2 aromatic rings. The number of hydrogen-bond donors (Lipinski definition) is 2. The molecule has 3 rings (SSSR count). The maximum absolute atomic E-state index is 13.7. The predicted molar refractivity (Wildman–Crippen MR) is 101 cm³/mol. The van der Waals surface area contributed by atoms with E-state index in [0.29, 0.717) is 6.07 Å². The Balaban J connectivity index is 2.11. The molecule has 180 valence electrons. The summed E-state index contributed by atoms with van der Waals surface area (Å²) in [5.74, 6) is -1.87. The van der Waals surface area contributed by atoms with Crippen molar-refractivity contribution < 1.29 is 50.5 Å². The molecule has 6 nitrogen and oxygen atoms in total. The molecule has 13 heteroatoms. The zero-order valence-electron chi connectivity index (χ0n) is 16.8. The maximum atomic E-state index is 13.7. The Labute approximate surface area is 182 Å². The van der Waals surface area contributed by atoms with Gasteiger partial charge in [0.15, 0.2) is 5.75 Å². The zero-order valence-corrected chi connectivity index (χ0v) is 16.8. The van der Waals surface area contributed by atoms with Gasteiger partial charge in [-0.1, -0.05) is 0 Å². The number of carbonyl (C=O) groups excluding carboxylic acids is 1. The van der Waals surface area contributed by atoms with Gasteiger partial charge in [-0.05, 0) is 36.4 Å². The molecule has 1 aliphatic heterocycles. The van der Waals surface area contributed by atoms with E-state index < -0.39 is 72.1 Å². The first-order valence-electron chi connectivity index (χ1n) is 9.33. The van der Waals surface area contributed by atoms with Crippen molar-refractivity contribution in [1.82, 2.24) is 0 Å². The molecule has 1 aliphatic rings. The van der Waals surface area contributed by atoms with E-state index in [1.54, 1.807) is 0 Å². The highest BCUT2D eigenvalue weighted by Gasteiger charge is 2.43. The largest absolute Gasteiger partial charge is 0.420 e. The van der Waals surface area contributed by atoms with E-state index in [1.807, 2.05) is 0 Å². The Bertz CT molecular complexity index is 1010. The summed E-state index contributed by atoms with van der Waals surface area (Å²) in [5.41, 5.74) is -4.28. The highest BCUT2D eigenvalue weighted by atomic mass is 19.4. The van der Waals surface area contributed by atoms with Gasteiger partial charge in [0.25, 0.3) is 0 Å². The first kappa shape index (κ1) is 24.6. The Morgan fingerprint density at radius 2 is 1.55 bits per heavy atom. The number of nitrogens with zero attached hydrogens (tertiary/aromatic N) is 2. The van der Waals surface area contributed by atoms with Crippen molar-refractivity contribution in [3.05, 3.63) is 53.3 Å². The lowest BCUT2D eigenvalue weighted by Gasteiger charge is -2.26. The monoisotopic (exact) mass is 482 g/mol. The van der Waals surface area contributed by atoms with E-state index in [2.05, 4.69) is 0 Å². The first-order chi connectivity index (χ1) is 15.2. The Hall–Kier alpha value is -3.06. The molecule has 2 unspecified atom stereocenters. The number of alkyl halides is 6. The van der Waals surface area contributed by atoms with Gasteiger partial charge in [-0.2, -0.15) is 26.3 Å². The van der Waals surface area contributed by atoms with Gasteiger partial charge in [-0.25, -0.2) is 9.18 Å². The molecule has 0 radical (unpaired) electrons. The average molecular weight is 482 g/mol. The summed E-state index contributed by atoms with van der Waals surface area (Å²) < 4.78 is 99.1. The van der Waals surface area contributed by atoms with Crippen molar-refractivity contribution in [3.63, 3.8) is 0 Å². The minimum atomic E-state index is -5.35. The van der Waals surface area contributed by atoms with Crippen molar-refractivity contribution in [1.29, 1.82) is 0 Å². The van der Waals surface area contributed by atoms with E-state index in [0.717, 1.165) is 41.1 Å². The van der Waals surface area contributed by atoms with Gasteiger partial charge in [-0.3, -0.25) is 4.90 Å². The zero-order chi connectivity index (χ0) is 24.7. The lowest BCUT2D eigenvalue weighted by atomic mass is 10.1. The first-order valence-corrected chi connectivity index (χ1v) is 9.33. The molecule has 0 aliphatic carbocycles. The number of amides is 1. The van der Waals surface area contributed by atoms with Gasteiger partial charge in [0.1, 0.15) is 11.4 Å². The number of carbonyl (C=O) groups is 1. The van der Waals surface area contributed by atoms with Crippen LogP contribution < -0.4 is 14.5 Å². The van der Waals surface area contributed by atoms with Crippen LogP contribution in [0.1, 0.15) is 11.1 Å². The molecule has 1 fully saturated rings. The van der Waals surface area contributed by atoms with E-state index in [9.17, 15) is 45.7 Å². The van der Waals surface area contributed by atoms with E-state index in [-0.39, 0.29) is 11.8 Å². The minimum Gasteiger partial charge on any atom is -0.407 e. The van der Waals surface area contributed by atoms with Crippen LogP contribution in [0.25, 0.3) is 0 Å².